The summed E-state index contributed by atoms with van der Waals surface area (Å²) in [5, 5.41) is 18.2. The number of rotatable bonds is 7. The molecule has 1 aliphatic heterocycles. The SMILES string of the molecule is CC(=O)O[C@@H]1[C@@H](OC(C)=O)[C@H](OCn2cc(-c3cc(=O)oc4cc(O)ccc34)nn2)OC[C@H]1OC(C)=O. The smallest absolute Gasteiger partial charge is 0.336 e. The molecule has 0 saturated carbocycles. The number of ether oxygens (including phenoxy) is 5. The van der Waals surface area contributed by atoms with Gasteiger partial charge in [0, 0.05) is 43.9 Å². The van der Waals surface area contributed by atoms with E-state index in [1.165, 1.54) is 36.0 Å². The third kappa shape index (κ3) is 6.10. The average Bonchev–Trinajstić information content (AvgIpc) is 3.27. The van der Waals surface area contributed by atoms with Crippen molar-refractivity contribution in [3.63, 3.8) is 0 Å². The lowest BCUT2D eigenvalue weighted by molar-refractivity contribution is -0.288. The fourth-order valence-corrected chi connectivity index (χ4v) is 3.85. The first-order valence-corrected chi connectivity index (χ1v) is 11.0. The van der Waals surface area contributed by atoms with E-state index in [2.05, 4.69) is 10.3 Å². The lowest BCUT2D eigenvalue weighted by atomic mass is 10.0. The highest BCUT2D eigenvalue weighted by Gasteiger charge is 2.47. The van der Waals surface area contributed by atoms with Crippen molar-refractivity contribution in [2.45, 2.75) is 52.1 Å². The Morgan fingerprint density at radius 3 is 2.46 bits per heavy atom. The van der Waals surface area contributed by atoms with Crippen LogP contribution in [0.2, 0.25) is 0 Å². The summed E-state index contributed by atoms with van der Waals surface area (Å²) in [5.41, 5.74) is 0.272. The van der Waals surface area contributed by atoms with Gasteiger partial charge < -0.3 is 33.2 Å². The minimum absolute atomic E-state index is 0.0670. The first-order valence-electron chi connectivity index (χ1n) is 11.0. The van der Waals surface area contributed by atoms with E-state index < -0.39 is 48.1 Å². The summed E-state index contributed by atoms with van der Waals surface area (Å²) in [6, 6.07) is 5.57. The Bertz CT molecular complexity index is 1380. The molecule has 0 bridgehead atoms. The van der Waals surface area contributed by atoms with Crippen LogP contribution in [-0.2, 0) is 44.8 Å². The van der Waals surface area contributed by atoms with Crippen LogP contribution in [0.3, 0.4) is 0 Å². The van der Waals surface area contributed by atoms with Gasteiger partial charge in [-0.05, 0) is 12.1 Å². The summed E-state index contributed by atoms with van der Waals surface area (Å²) in [6.45, 7) is 3.07. The fraction of sp³-hybridized carbons (Fsp3) is 0.391. The molecule has 0 unspecified atom stereocenters. The second-order valence-corrected chi connectivity index (χ2v) is 8.10. The maximum Gasteiger partial charge on any atom is 0.336 e. The van der Waals surface area contributed by atoms with Crippen LogP contribution in [0.4, 0.5) is 0 Å². The number of hydrogen-bond donors (Lipinski definition) is 1. The average molecular weight is 517 g/mol. The largest absolute Gasteiger partial charge is 0.508 e. The number of phenolic OH excluding ortho intramolecular Hbond substituents is 1. The maximum absolute atomic E-state index is 12.0. The highest BCUT2D eigenvalue weighted by atomic mass is 16.7. The molecule has 3 aromatic rings. The van der Waals surface area contributed by atoms with Crippen LogP contribution in [0.1, 0.15) is 20.8 Å². The number of fused-ring (bicyclic) bond motifs is 1. The predicted octanol–water partition coefficient (Wildman–Crippen LogP) is 0.883. The summed E-state index contributed by atoms with van der Waals surface area (Å²) < 4.78 is 33.5. The summed E-state index contributed by atoms with van der Waals surface area (Å²) in [5.74, 6) is -2.09. The zero-order chi connectivity index (χ0) is 26.7. The van der Waals surface area contributed by atoms with Gasteiger partial charge in [0.15, 0.2) is 18.3 Å². The molecule has 0 radical (unpaired) electrons. The van der Waals surface area contributed by atoms with E-state index in [4.69, 9.17) is 28.1 Å². The molecule has 0 aliphatic carbocycles. The number of aromatic hydroxyl groups is 1. The number of phenols is 1. The van der Waals surface area contributed by atoms with E-state index in [9.17, 15) is 24.3 Å². The van der Waals surface area contributed by atoms with Gasteiger partial charge in [0.25, 0.3) is 0 Å². The molecule has 14 nitrogen and oxygen atoms in total. The van der Waals surface area contributed by atoms with Crippen LogP contribution in [0.5, 0.6) is 5.75 Å². The van der Waals surface area contributed by atoms with Gasteiger partial charge in [-0.25, -0.2) is 9.48 Å². The summed E-state index contributed by atoms with van der Waals surface area (Å²) in [6.07, 6.45) is -3.17. The molecule has 4 atom stereocenters. The second-order valence-electron chi connectivity index (χ2n) is 8.10. The van der Waals surface area contributed by atoms with E-state index in [1.807, 2.05) is 0 Å². The first-order chi connectivity index (χ1) is 17.6. The van der Waals surface area contributed by atoms with Gasteiger partial charge in [-0.2, -0.15) is 0 Å². The molecule has 37 heavy (non-hydrogen) atoms. The molecule has 3 heterocycles. The lowest BCUT2D eigenvalue weighted by Gasteiger charge is -2.40. The minimum Gasteiger partial charge on any atom is -0.508 e. The molecule has 2 aromatic heterocycles. The third-order valence-electron chi connectivity index (χ3n) is 5.22. The van der Waals surface area contributed by atoms with Crippen molar-refractivity contribution in [3.8, 4) is 17.0 Å². The predicted molar refractivity (Wildman–Crippen MR) is 121 cm³/mol. The van der Waals surface area contributed by atoms with Crippen LogP contribution in [0.15, 0.2) is 39.7 Å². The zero-order valence-corrected chi connectivity index (χ0v) is 20.0. The lowest BCUT2D eigenvalue weighted by Crippen LogP contribution is -2.58. The van der Waals surface area contributed by atoms with Gasteiger partial charge >= 0.3 is 23.5 Å². The maximum atomic E-state index is 12.0. The number of aromatic nitrogens is 3. The molecule has 4 rings (SSSR count). The van der Waals surface area contributed by atoms with Gasteiger partial charge in [-0.3, -0.25) is 14.4 Å². The molecule has 14 heteroatoms. The van der Waals surface area contributed by atoms with Crippen molar-refractivity contribution >= 4 is 28.9 Å². The second kappa shape index (κ2) is 10.8. The molecule has 1 aliphatic rings. The molecule has 1 N–H and O–H groups in total. The van der Waals surface area contributed by atoms with Crippen LogP contribution in [0.25, 0.3) is 22.2 Å². The molecule has 0 spiro atoms. The van der Waals surface area contributed by atoms with E-state index in [1.54, 1.807) is 6.07 Å². The summed E-state index contributed by atoms with van der Waals surface area (Å²) in [7, 11) is 0. The number of hydrogen-bond acceptors (Lipinski definition) is 13. The number of benzene rings is 1. The Morgan fingerprint density at radius 1 is 1.05 bits per heavy atom. The van der Waals surface area contributed by atoms with Crippen molar-refractivity contribution in [1.82, 2.24) is 15.0 Å². The van der Waals surface area contributed by atoms with Crippen molar-refractivity contribution < 1.29 is 47.6 Å². The van der Waals surface area contributed by atoms with Crippen molar-refractivity contribution in [2.75, 3.05) is 6.61 Å². The van der Waals surface area contributed by atoms with Gasteiger partial charge in [0.1, 0.15) is 23.8 Å². The number of carbonyl (C=O) groups is 3. The molecular weight excluding hydrogens is 494 g/mol. The fourth-order valence-electron chi connectivity index (χ4n) is 3.85. The number of carbonyl (C=O) groups excluding carboxylic acids is 3. The Kier molecular flexibility index (Phi) is 7.50. The monoisotopic (exact) mass is 517 g/mol. The van der Waals surface area contributed by atoms with E-state index in [-0.39, 0.29) is 24.7 Å². The van der Waals surface area contributed by atoms with Gasteiger partial charge in [0.05, 0.1) is 12.8 Å². The number of nitrogens with zero attached hydrogens (tertiary/aromatic N) is 3. The van der Waals surface area contributed by atoms with Crippen molar-refractivity contribution in [2.24, 2.45) is 0 Å². The molecule has 0 amide bonds. The van der Waals surface area contributed by atoms with E-state index in [0.29, 0.717) is 16.6 Å². The van der Waals surface area contributed by atoms with Gasteiger partial charge in [0.2, 0.25) is 6.29 Å². The highest BCUT2D eigenvalue weighted by Crippen LogP contribution is 2.29. The topological polar surface area (TPSA) is 179 Å². The highest BCUT2D eigenvalue weighted by molar-refractivity contribution is 5.92. The third-order valence-corrected chi connectivity index (χ3v) is 5.22. The molecular formula is C23H23N3O11. The summed E-state index contributed by atoms with van der Waals surface area (Å²) in [4.78, 5) is 46.9. The van der Waals surface area contributed by atoms with E-state index in [0.717, 1.165) is 13.8 Å². The normalized spacial score (nSPS) is 21.4. The Morgan fingerprint density at radius 2 is 1.76 bits per heavy atom. The van der Waals surface area contributed by atoms with Crippen LogP contribution >= 0.6 is 0 Å². The quantitative estimate of drug-likeness (QED) is 0.265. The Labute approximate surface area is 208 Å². The van der Waals surface area contributed by atoms with Gasteiger partial charge in [-0.1, -0.05) is 5.21 Å². The standard InChI is InChI=1S/C23H23N3O11/c1-11(27)34-19-9-32-23(22(36-13(3)29)21(19)35-12(2)28)33-10-26-8-17(24-25-26)16-7-20(31)37-18-6-14(30)4-5-15(16)18/h4-8,19,21-23,30H,9-10H2,1-3H3/t19-,21+,22-,23+/m1/s1. The number of esters is 3. The Balaban J connectivity index is 1.54. The van der Waals surface area contributed by atoms with Gasteiger partial charge in [-0.15, -0.1) is 5.10 Å². The van der Waals surface area contributed by atoms with Crippen LogP contribution in [-0.4, -0.2) is 69.2 Å². The van der Waals surface area contributed by atoms with Crippen LogP contribution < -0.4 is 5.63 Å². The summed E-state index contributed by atoms with van der Waals surface area (Å²) >= 11 is 0. The van der Waals surface area contributed by atoms with E-state index >= 15 is 0 Å². The van der Waals surface area contributed by atoms with Crippen molar-refractivity contribution in [3.05, 3.63) is 40.9 Å². The minimum atomic E-state index is -1.25. The molecule has 1 fully saturated rings. The van der Waals surface area contributed by atoms with Crippen LogP contribution in [0, 0.1) is 0 Å². The molecule has 196 valence electrons. The molecule has 1 saturated heterocycles. The van der Waals surface area contributed by atoms with Crippen molar-refractivity contribution in [1.29, 1.82) is 0 Å². The molecule has 1 aromatic carbocycles. The Hall–Kier alpha value is -4.30. The first kappa shape index (κ1) is 25.8. The zero-order valence-electron chi connectivity index (χ0n) is 20.0.